The second-order valence-corrected chi connectivity index (χ2v) is 10.1. The highest BCUT2D eigenvalue weighted by Crippen LogP contribution is 2.32. The standard InChI is InChI=1S/C18H21N3O5S2/c1-4-12-9-16(28(25,26)14-8-6-5-7-11(14)2)15(27(3,23)24)10-13(12)17(22)21-18(19)20/h5-10H,4H2,1-3H3,(H4,19,20,21,22). The molecule has 0 aromatic heterocycles. The van der Waals surface area contributed by atoms with Crippen molar-refractivity contribution in [3.63, 3.8) is 0 Å². The summed E-state index contributed by atoms with van der Waals surface area (Å²) in [6.45, 7) is 3.32. The Morgan fingerprint density at radius 3 is 2.11 bits per heavy atom. The summed E-state index contributed by atoms with van der Waals surface area (Å²) in [7, 11) is -8.15. The van der Waals surface area contributed by atoms with Gasteiger partial charge in [0.15, 0.2) is 15.8 Å². The fraction of sp³-hybridized carbons (Fsp3) is 0.222. The SMILES string of the molecule is CCc1cc(S(=O)(=O)c2ccccc2C)c(S(C)(=O)=O)cc1C(=O)N=C(N)N. The molecule has 10 heteroatoms. The number of guanidine groups is 1. The van der Waals surface area contributed by atoms with E-state index in [0.717, 1.165) is 12.3 Å². The Bertz CT molecular complexity index is 1180. The molecular formula is C18H21N3O5S2. The Labute approximate surface area is 164 Å². The van der Waals surface area contributed by atoms with Crippen LogP contribution in [0.5, 0.6) is 0 Å². The minimum atomic E-state index is -4.16. The van der Waals surface area contributed by atoms with Crippen molar-refractivity contribution in [1.29, 1.82) is 0 Å². The van der Waals surface area contributed by atoms with Gasteiger partial charge in [-0.05, 0) is 42.7 Å². The van der Waals surface area contributed by atoms with E-state index in [4.69, 9.17) is 11.5 Å². The quantitative estimate of drug-likeness (QED) is 0.542. The van der Waals surface area contributed by atoms with Gasteiger partial charge in [0.2, 0.25) is 9.84 Å². The molecule has 0 fully saturated rings. The van der Waals surface area contributed by atoms with E-state index < -0.39 is 36.4 Å². The summed E-state index contributed by atoms with van der Waals surface area (Å²) < 4.78 is 51.2. The minimum Gasteiger partial charge on any atom is -0.370 e. The zero-order chi connectivity index (χ0) is 21.3. The topological polar surface area (TPSA) is 150 Å². The predicted molar refractivity (Wildman–Crippen MR) is 106 cm³/mol. The van der Waals surface area contributed by atoms with Crippen LogP contribution in [0.25, 0.3) is 0 Å². The van der Waals surface area contributed by atoms with Gasteiger partial charge in [0.1, 0.15) is 0 Å². The summed E-state index contributed by atoms with van der Waals surface area (Å²) in [5.41, 5.74) is 11.2. The van der Waals surface area contributed by atoms with Gasteiger partial charge in [-0.25, -0.2) is 16.8 Å². The summed E-state index contributed by atoms with van der Waals surface area (Å²) >= 11 is 0. The van der Waals surface area contributed by atoms with Crippen molar-refractivity contribution in [2.75, 3.05) is 6.26 Å². The molecule has 0 heterocycles. The third-order valence-corrected chi connectivity index (χ3v) is 7.30. The molecule has 2 aromatic carbocycles. The van der Waals surface area contributed by atoms with E-state index >= 15 is 0 Å². The number of sulfone groups is 2. The van der Waals surface area contributed by atoms with Crippen LogP contribution in [0.3, 0.4) is 0 Å². The monoisotopic (exact) mass is 423 g/mol. The highest BCUT2D eigenvalue weighted by atomic mass is 32.2. The number of carbonyl (C=O) groups is 1. The van der Waals surface area contributed by atoms with Crippen LogP contribution in [-0.4, -0.2) is 35.0 Å². The lowest BCUT2D eigenvalue weighted by Crippen LogP contribution is -2.24. The molecule has 0 atom stereocenters. The van der Waals surface area contributed by atoms with E-state index in [1.165, 1.54) is 12.1 Å². The molecule has 0 radical (unpaired) electrons. The van der Waals surface area contributed by atoms with E-state index in [1.54, 1.807) is 32.0 Å². The third kappa shape index (κ3) is 4.23. The summed E-state index contributed by atoms with van der Waals surface area (Å²) in [5, 5.41) is 0. The molecule has 0 unspecified atom stereocenters. The van der Waals surface area contributed by atoms with Crippen molar-refractivity contribution in [1.82, 2.24) is 0 Å². The smallest absolute Gasteiger partial charge is 0.280 e. The maximum atomic E-state index is 13.2. The van der Waals surface area contributed by atoms with E-state index in [9.17, 15) is 21.6 Å². The Morgan fingerprint density at radius 1 is 1.00 bits per heavy atom. The van der Waals surface area contributed by atoms with Crippen molar-refractivity contribution in [3.8, 4) is 0 Å². The first kappa shape index (κ1) is 21.6. The van der Waals surface area contributed by atoms with E-state index in [1.807, 2.05) is 0 Å². The average molecular weight is 424 g/mol. The molecule has 1 amide bonds. The number of benzene rings is 2. The molecule has 0 saturated heterocycles. The maximum absolute atomic E-state index is 13.2. The predicted octanol–water partition coefficient (Wildman–Crippen LogP) is 1.21. The highest BCUT2D eigenvalue weighted by Gasteiger charge is 2.29. The lowest BCUT2D eigenvalue weighted by atomic mass is 10.0. The second-order valence-electron chi connectivity index (χ2n) is 6.19. The number of carbonyl (C=O) groups excluding carboxylic acids is 1. The van der Waals surface area contributed by atoms with Crippen LogP contribution in [0.1, 0.15) is 28.4 Å². The number of rotatable bonds is 5. The zero-order valence-corrected chi connectivity index (χ0v) is 17.3. The third-order valence-electron chi connectivity index (χ3n) is 4.08. The van der Waals surface area contributed by atoms with Gasteiger partial charge in [0.05, 0.1) is 14.7 Å². The molecule has 2 aromatic rings. The normalized spacial score (nSPS) is 11.8. The number of nitrogens with two attached hydrogens (primary N) is 2. The van der Waals surface area contributed by atoms with Crippen LogP contribution in [0.15, 0.2) is 56.1 Å². The van der Waals surface area contributed by atoms with Crippen molar-refractivity contribution >= 4 is 31.5 Å². The molecule has 150 valence electrons. The molecule has 0 bridgehead atoms. The van der Waals surface area contributed by atoms with Crippen LogP contribution in [-0.2, 0) is 26.1 Å². The molecule has 0 spiro atoms. The molecule has 4 N–H and O–H groups in total. The number of nitrogens with zero attached hydrogens (tertiary/aromatic N) is 1. The number of amides is 1. The van der Waals surface area contributed by atoms with E-state index in [0.29, 0.717) is 11.1 Å². The van der Waals surface area contributed by atoms with Gasteiger partial charge in [-0.15, -0.1) is 0 Å². The molecule has 0 aliphatic carbocycles. The lowest BCUT2D eigenvalue weighted by molar-refractivity contribution is 0.100. The molecule has 0 aliphatic rings. The summed E-state index contributed by atoms with van der Waals surface area (Å²) in [4.78, 5) is 14.9. The van der Waals surface area contributed by atoms with Crippen LogP contribution in [0, 0.1) is 6.92 Å². The Balaban J connectivity index is 2.91. The van der Waals surface area contributed by atoms with Gasteiger partial charge in [-0.2, -0.15) is 4.99 Å². The number of hydrogen-bond donors (Lipinski definition) is 2. The summed E-state index contributed by atoms with van der Waals surface area (Å²) in [5.74, 6) is -1.33. The minimum absolute atomic E-state index is 0.00902. The van der Waals surface area contributed by atoms with Gasteiger partial charge >= 0.3 is 0 Å². The highest BCUT2D eigenvalue weighted by molar-refractivity contribution is 7.94. The molecule has 2 rings (SSSR count). The number of aryl methyl sites for hydroxylation is 2. The fourth-order valence-corrected chi connectivity index (χ4v) is 5.89. The average Bonchev–Trinajstić information content (AvgIpc) is 2.59. The number of aliphatic imine (C=N–C) groups is 1. The molecular weight excluding hydrogens is 402 g/mol. The van der Waals surface area contributed by atoms with Gasteiger partial charge in [-0.1, -0.05) is 25.1 Å². The Kier molecular flexibility index (Phi) is 5.95. The number of hydrogen-bond acceptors (Lipinski definition) is 5. The lowest BCUT2D eigenvalue weighted by Gasteiger charge is -2.15. The Hall–Kier alpha value is -2.72. The first-order valence-electron chi connectivity index (χ1n) is 8.21. The van der Waals surface area contributed by atoms with Crippen molar-refractivity contribution in [3.05, 3.63) is 53.1 Å². The van der Waals surface area contributed by atoms with Crippen LogP contribution in [0.4, 0.5) is 0 Å². The van der Waals surface area contributed by atoms with E-state index in [2.05, 4.69) is 4.99 Å². The first-order valence-corrected chi connectivity index (χ1v) is 11.6. The van der Waals surface area contributed by atoms with Crippen molar-refractivity contribution in [2.45, 2.75) is 35.0 Å². The Morgan fingerprint density at radius 2 is 1.61 bits per heavy atom. The van der Waals surface area contributed by atoms with Gasteiger partial charge < -0.3 is 11.5 Å². The summed E-state index contributed by atoms with van der Waals surface area (Å²) in [6, 6.07) is 8.48. The van der Waals surface area contributed by atoms with Gasteiger partial charge in [0, 0.05) is 11.8 Å². The summed E-state index contributed by atoms with van der Waals surface area (Å²) in [6.07, 6.45) is 1.14. The molecule has 0 aliphatic heterocycles. The van der Waals surface area contributed by atoms with Gasteiger partial charge in [-0.3, -0.25) is 4.79 Å². The fourth-order valence-electron chi connectivity index (χ4n) is 2.75. The zero-order valence-electron chi connectivity index (χ0n) is 15.6. The molecule has 8 nitrogen and oxygen atoms in total. The van der Waals surface area contributed by atoms with Crippen LogP contribution in [0.2, 0.25) is 0 Å². The first-order chi connectivity index (χ1) is 12.9. The maximum Gasteiger partial charge on any atom is 0.280 e. The van der Waals surface area contributed by atoms with E-state index in [-0.39, 0.29) is 21.8 Å². The molecule has 0 saturated carbocycles. The van der Waals surface area contributed by atoms with Crippen molar-refractivity contribution in [2.24, 2.45) is 16.5 Å². The van der Waals surface area contributed by atoms with Crippen LogP contribution < -0.4 is 11.5 Å². The molecule has 28 heavy (non-hydrogen) atoms. The van der Waals surface area contributed by atoms with Gasteiger partial charge in [0.25, 0.3) is 5.91 Å². The van der Waals surface area contributed by atoms with Crippen LogP contribution >= 0.6 is 0 Å². The largest absolute Gasteiger partial charge is 0.370 e. The van der Waals surface area contributed by atoms with Crippen molar-refractivity contribution < 1.29 is 21.6 Å². The second kappa shape index (κ2) is 7.72.